The highest BCUT2D eigenvalue weighted by atomic mass is 16.5. The van der Waals surface area contributed by atoms with Gasteiger partial charge in [-0.05, 0) is 37.7 Å². The molecule has 3 heteroatoms. The van der Waals surface area contributed by atoms with Gasteiger partial charge in [-0.3, -0.25) is 0 Å². The van der Waals surface area contributed by atoms with Gasteiger partial charge in [-0.15, -0.1) is 0 Å². The Balaban J connectivity index is 2.00. The zero-order valence-corrected chi connectivity index (χ0v) is 12.0. The smallest absolute Gasteiger partial charge is 0.124 e. The SMILES string of the molecule is COc1ccccc1COC1(CN)CCC(C)CC1. The highest BCUT2D eigenvalue weighted by Crippen LogP contribution is 2.35. The number of benzene rings is 1. The van der Waals surface area contributed by atoms with E-state index in [1.165, 1.54) is 12.8 Å². The van der Waals surface area contributed by atoms with Crippen LogP contribution in [0.2, 0.25) is 0 Å². The van der Waals surface area contributed by atoms with Crippen molar-refractivity contribution in [2.75, 3.05) is 13.7 Å². The van der Waals surface area contributed by atoms with Gasteiger partial charge in [-0.2, -0.15) is 0 Å². The molecule has 0 radical (unpaired) electrons. The number of hydrogen-bond acceptors (Lipinski definition) is 3. The molecule has 1 saturated carbocycles. The molecule has 0 amide bonds. The topological polar surface area (TPSA) is 44.5 Å². The summed E-state index contributed by atoms with van der Waals surface area (Å²) in [7, 11) is 1.69. The van der Waals surface area contributed by atoms with Crippen molar-refractivity contribution in [1.29, 1.82) is 0 Å². The van der Waals surface area contributed by atoms with Gasteiger partial charge in [0.15, 0.2) is 0 Å². The minimum atomic E-state index is -0.132. The molecule has 1 aliphatic rings. The summed E-state index contributed by atoms with van der Waals surface area (Å²) in [5.74, 6) is 1.69. The fourth-order valence-electron chi connectivity index (χ4n) is 2.75. The number of para-hydroxylation sites is 1. The summed E-state index contributed by atoms with van der Waals surface area (Å²) >= 11 is 0. The highest BCUT2D eigenvalue weighted by Gasteiger charge is 2.33. The lowest BCUT2D eigenvalue weighted by Gasteiger charge is -2.38. The maximum Gasteiger partial charge on any atom is 0.124 e. The van der Waals surface area contributed by atoms with Crippen LogP contribution in [0.4, 0.5) is 0 Å². The molecule has 0 atom stereocenters. The maximum absolute atomic E-state index is 6.19. The molecule has 1 aromatic rings. The fraction of sp³-hybridized carbons (Fsp3) is 0.625. The van der Waals surface area contributed by atoms with Crippen LogP contribution in [0, 0.1) is 5.92 Å². The van der Waals surface area contributed by atoms with Crippen LogP contribution in [0.5, 0.6) is 5.75 Å². The van der Waals surface area contributed by atoms with Gasteiger partial charge in [0.25, 0.3) is 0 Å². The van der Waals surface area contributed by atoms with Crippen LogP contribution in [0.3, 0.4) is 0 Å². The van der Waals surface area contributed by atoms with Crippen LogP contribution >= 0.6 is 0 Å². The third-order valence-electron chi connectivity index (χ3n) is 4.28. The molecule has 1 aromatic carbocycles. The van der Waals surface area contributed by atoms with Gasteiger partial charge in [0.05, 0.1) is 19.3 Å². The summed E-state index contributed by atoms with van der Waals surface area (Å²) in [5, 5.41) is 0. The van der Waals surface area contributed by atoms with Crippen molar-refractivity contribution < 1.29 is 9.47 Å². The third-order valence-corrected chi connectivity index (χ3v) is 4.28. The quantitative estimate of drug-likeness (QED) is 0.887. The number of nitrogens with two attached hydrogens (primary N) is 1. The summed E-state index contributed by atoms with van der Waals surface area (Å²) in [4.78, 5) is 0. The molecular formula is C16H25NO2. The number of hydrogen-bond donors (Lipinski definition) is 1. The van der Waals surface area contributed by atoms with Crippen molar-refractivity contribution in [1.82, 2.24) is 0 Å². The summed E-state index contributed by atoms with van der Waals surface area (Å²) < 4.78 is 11.5. The maximum atomic E-state index is 6.19. The Morgan fingerprint density at radius 3 is 2.58 bits per heavy atom. The van der Waals surface area contributed by atoms with Crippen molar-refractivity contribution in [3.8, 4) is 5.75 Å². The molecule has 19 heavy (non-hydrogen) atoms. The average Bonchev–Trinajstić information content (AvgIpc) is 2.47. The van der Waals surface area contributed by atoms with E-state index < -0.39 is 0 Å². The first-order valence-electron chi connectivity index (χ1n) is 7.15. The molecule has 3 nitrogen and oxygen atoms in total. The van der Waals surface area contributed by atoms with Crippen molar-refractivity contribution >= 4 is 0 Å². The third kappa shape index (κ3) is 3.48. The molecule has 0 bridgehead atoms. The van der Waals surface area contributed by atoms with Crippen molar-refractivity contribution in [2.45, 2.75) is 44.8 Å². The van der Waals surface area contributed by atoms with E-state index in [9.17, 15) is 0 Å². The molecule has 0 spiro atoms. The lowest BCUT2D eigenvalue weighted by Crippen LogP contribution is -2.43. The molecule has 1 aliphatic carbocycles. The van der Waals surface area contributed by atoms with Crippen molar-refractivity contribution in [2.24, 2.45) is 11.7 Å². The van der Waals surface area contributed by atoms with Gasteiger partial charge >= 0.3 is 0 Å². The molecule has 0 heterocycles. The van der Waals surface area contributed by atoms with Crippen LogP contribution < -0.4 is 10.5 Å². The first kappa shape index (κ1) is 14.4. The average molecular weight is 263 g/mol. The Morgan fingerprint density at radius 1 is 1.26 bits per heavy atom. The van der Waals surface area contributed by atoms with Crippen LogP contribution in [-0.2, 0) is 11.3 Å². The zero-order valence-electron chi connectivity index (χ0n) is 12.0. The van der Waals surface area contributed by atoms with E-state index in [1.54, 1.807) is 7.11 Å². The van der Waals surface area contributed by atoms with Gasteiger partial charge in [-0.1, -0.05) is 25.1 Å². The summed E-state index contributed by atoms with van der Waals surface area (Å²) in [6.07, 6.45) is 4.56. The van der Waals surface area contributed by atoms with Crippen LogP contribution in [0.25, 0.3) is 0 Å². The van der Waals surface area contributed by atoms with Crippen LogP contribution in [-0.4, -0.2) is 19.3 Å². The summed E-state index contributed by atoms with van der Waals surface area (Å²) in [6.45, 7) is 3.49. The minimum absolute atomic E-state index is 0.132. The molecule has 0 unspecified atom stereocenters. The molecular weight excluding hydrogens is 238 g/mol. The number of methoxy groups -OCH3 is 1. The molecule has 0 saturated heterocycles. The molecule has 0 aromatic heterocycles. The number of rotatable bonds is 5. The highest BCUT2D eigenvalue weighted by molar-refractivity contribution is 5.32. The second-order valence-corrected chi connectivity index (χ2v) is 5.67. The van der Waals surface area contributed by atoms with E-state index in [4.69, 9.17) is 15.2 Å². The molecule has 2 rings (SSSR count). The Kier molecular flexibility index (Phi) is 4.83. The van der Waals surface area contributed by atoms with Crippen molar-refractivity contribution in [3.63, 3.8) is 0 Å². The normalized spacial score (nSPS) is 27.2. The Morgan fingerprint density at radius 2 is 1.95 bits per heavy atom. The lowest BCUT2D eigenvalue weighted by molar-refractivity contribution is -0.0803. The monoisotopic (exact) mass is 263 g/mol. The predicted molar refractivity (Wildman–Crippen MR) is 77.2 cm³/mol. The van der Waals surface area contributed by atoms with E-state index >= 15 is 0 Å². The van der Waals surface area contributed by atoms with E-state index in [0.717, 1.165) is 30.1 Å². The fourth-order valence-corrected chi connectivity index (χ4v) is 2.75. The van der Waals surface area contributed by atoms with E-state index in [-0.39, 0.29) is 5.60 Å². The van der Waals surface area contributed by atoms with E-state index in [0.29, 0.717) is 13.2 Å². The Bertz CT molecular complexity index is 397. The van der Waals surface area contributed by atoms with Gasteiger partial charge in [-0.25, -0.2) is 0 Å². The van der Waals surface area contributed by atoms with Gasteiger partial charge < -0.3 is 15.2 Å². The standard InChI is InChI=1S/C16H25NO2/c1-13-7-9-16(12-17,10-8-13)19-11-14-5-3-4-6-15(14)18-2/h3-6,13H,7-12,17H2,1-2H3. The Hall–Kier alpha value is -1.06. The van der Waals surface area contributed by atoms with E-state index in [1.807, 2.05) is 18.2 Å². The van der Waals surface area contributed by atoms with Crippen LogP contribution in [0.15, 0.2) is 24.3 Å². The molecule has 1 fully saturated rings. The zero-order chi connectivity index (χ0) is 13.7. The van der Waals surface area contributed by atoms with Gasteiger partial charge in [0.2, 0.25) is 0 Å². The lowest BCUT2D eigenvalue weighted by atomic mass is 9.79. The largest absolute Gasteiger partial charge is 0.496 e. The second-order valence-electron chi connectivity index (χ2n) is 5.67. The van der Waals surface area contributed by atoms with Crippen molar-refractivity contribution in [3.05, 3.63) is 29.8 Å². The van der Waals surface area contributed by atoms with E-state index in [2.05, 4.69) is 13.0 Å². The molecule has 0 aliphatic heterocycles. The minimum Gasteiger partial charge on any atom is -0.496 e. The second kappa shape index (κ2) is 6.40. The Labute approximate surface area is 116 Å². The van der Waals surface area contributed by atoms with Crippen LogP contribution in [0.1, 0.15) is 38.2 Å². The number of ether oxygens (including phenoxy) is 2. The molecule has 106 valence electrons. The summed E-state index contributed by atoms with van der Waals surface area (Å²) in [5.41, 5.74) is 6.92. The predicted octanol–water partition coefficient (Wildman–Crippen LogP) is 3.12. The summed E-state index contributed by atoms with van der Waals surface area (Å²) in [6, 6.07) is 8.01. The molecule has 2 N–H and O–H groups in total. The van der Waals surface area contributed by atoms with Gasteiger partial charge in [0, 0.05) is 12.1 Å². The van der Waals surface area contributed by atoms with Gasteiger partial charge in [0.1, 0.15) is 5.75 Å². The first-order chi connectivity index (χ1) is 9.19. The first-order valence-corrected chi connectivity index (χ1v) is 7.15.